The van der Waals surface area contributed by atoms with Crippen molar-refractivity contribution in [3.05, 3.63) is 59.7 Å². The molecule has 0 aliphatic heterocycles. The molecule has 0 fully saturated rings. The van der Waals surface area contributed by atoms with E-state index in [1.807, 2.05) is 56.3 Å². The molecule has 0 bridgehead atoms. The molecular weight excluding hydrogens is 236 g/mol. The minimum absolute atomic E-state index is 0.311. The molecule has 2 nitrogen and oxygen atoms in total. The van der Waals surface area contributed by atoms with Gasteiger partial charge in [-0.25, -0.2) is 0 Å². The van der Waals surface area contributed by atoms with Crippen molar-refractivity contribution >= 4 is 0 Å². The number of aryl methyl sites for hydroxylation is 2. The molecule has 2 heteroatoms. The van der Waals surface area contributed by atoms with Crippen molar-refractivity contribution in [3.8, 4) is 11.5 Å². The fraction of sp³-hybridized carbons (Fsp3) is 0.294. The van der Waals surface area contributed by atoms with Crippen molar-refractivity contribution in [1.82, 2.24) is 0 Å². The van der Waals surface area contributed by atoms with Crippen LogP contribution in [0.1, 0.15) is 25.0 Å². The zero-order chi connectivity index (χ0) is 13.7. The second-order valence-corrected chi connectivity index (χ2v) is 4.53. The van der Waals surface area contributed by atoms with Crippen molar-refractivity contribution in [3.63, 3.8) is 0 Å². The molecule has 2 aromatic rings. The van der Waals surface area contributed by atoms with Crippen LogP contribution in [0.15, 0.2) is 48.5 Å². The molecule has 2 aromatic carbocycles. The molecule has 1 unspecified atom stereocenters. The van der Waals surface area contributed by atoms with Gasteiger partial charge in [0.05, 0.1) is 0 Å². The lowest BCUT2D eigenvalue weighted by atomic mass is 10.1. The third kappa shape index (κ3) is 3.50. The highest BCUT2D eigenvalue weighted by molar-refractivity contribution is 5.34. The summed E-state index contributed by atoms with van der Waals surface area (Å²) in [5.74, 6) is 1.76. The van der Waals surface area contributed by atoms with Crippen LogP contribution < -0.4 is 9.47 Å². The van der Waals surface area contributed by atoms with Crippen LogP contribution in [-0.2, 0) is 6.42 Å². The van der Waals surface area contributed by atoms with Crippen molar-refractivity contribution in [1.29, 1.82) is 0 Å². The van der Waals surface area contributed by atoms with Crippen LogP contribution in [0.2, 0.25) is 0 Å². The van der Waals surface area contributed by atoms with E-state index in [0.717, 1.165) is 23.5 Å². The maximum absolute atomic E-state index is 5.87. The molecule has 100 valence electrons. The lowest BCUT2D eigenvalue weighted by molar-refractivity contribution is 0.0210. The predicted molar refractivity (Wildman–Crippen MR) is 77.7 cm³/mol. The number of hydrogen-bond acceptors (Lipinski definition) is 2. The fourth-order valence-corrected chi connectivity index (χ4v) is 1.98. The molecule has 2 rings (SSSR count). The van der Waals surface area contributed by atoms with Crippen LogP contribution in [0.5, 0.6) is 11.5 Å². The van der Waals surface area contributed by atoms with Gasteiger partial charge in [-0.1, -0.05) is 43.3 Å². The monoisotopic (exact) mass is 256 g/mol. The summed E-state index contributed by atoms with van der Waals surface area (Å²) in [7, 11) is 0. The van der Waals surface area contributed by atoms with Crippen LogP contribution in [0.3, 0.4) is 0 Å². The summed E-state index contributed by atoms with van der Waals surface area (Å²) in [5.41, 5.74) is 2.31. The molecule has 0 amide bonds. The second-order valence-electron chi connectivity index (χ2n) is 4.53. The number of ether oxygens (including phenoxy) is 2. The summed E-state index contributed by atoms with van der Waals surface area (Å²) < 4.78 is 11.7. The number of rotatable bonds is 5. The van der Waals surface area contributed by atoms with Crippen LogP contribution >= 0.6 is 0 Å². The lowest BCUT2D eigenvalue weighted by Crippen LogP contribution is -2.20. The molecule has 1 atom stereocenters. The first kappa shape index (κ1) is 13.5. The smallest absolute Gasteiger partial charge is 0.238 e. The molecule has 19 heavy (non-hydrogen) atoms. The maximum atomic E-state index is 5.87. The Bertz CT molecular complexity index is 534. The summed E-state index contributed by atoms with van der Waals surface area (Å²) >= 11 is 0. The van der Waals surface area contributed by atoms with E-state index in [9.17, 15) is 0 Å². The van der Waals surface area contributed by atoms with Crippen LogP contribution in [0, 0.1) is 6.92 Å². The topological polar surface area (TPSA) is 18.5 Å². The van der Waals surface area contributed by atoms with Crippen molar-refractivity contribution < 1.29 is 9.47 Å². The van der Waals surface area contributed by atoms with Gasteiger partial charge in [0.25, 0.3) is 0 Å². The molecule has 0 aliphatic carbocycles. The first-order chi connectivity index (χ1) is 9.20. The SMILES string of the molecule is CCc1ccccc1OC(C)Oc1ccccc1C. The Kier molecular flexibility index (Phi) is 4.45. The van der Waals surface area contributed by atoms with Gasteiger partial charge in [-0.15, -0.1) is 0 Å². The maximum Gasteiger partial charge on any atom is 0.238 e. The summed E-state index contributed by atoms with van der Waals surface area (Å²) in [6.07, 6.45) is 0.640. The highest BCUT2D eigenvalue weighted by Gasteiger charge is 2.09. The van der Waals surface area contributed by atoms with Gasteiger partial charge in [0, 0.05) is 6.92 Å². The molecule has 0 saturated carbocycles. The Hall–Kier alpha value is -1.96. The van der Waals surface area contributed by atoms with E-state index in [2.05, 4.69) is 13.0 Å². The van der Waals surface area contributed by atoms with E-state index in [1.165, 1.54) is 5.56 Å². The molecule has 0 aliphatic rings. The van der Waals surface area contributed by atoms with E-state index < -0.39 is 0 Å². The number of para-hydroxylation sites is 2. The fourth-order valence-electron chi connectivity index (χ4n) is 1.98. The molecule has 0 N–H and O–H groups in total. The van der Waals surface area contributed by atoms with Crippen molar-refractivity contribution in [2.24, 2.45) is 0 Å². The minimum Gasteiger partial charge on any atom is -0.455 e. The third-order valence-corrected chi connectivity index (χ3v) is 3.03. The van der Waals surface area contributed by atoms with Crippen LogP contribution in [-0.4, -0.2) is 6.29 Å². The molecule has 0 aromatic heterocycles. The highest BCUT2D eigenvalue weighted by Crippen LogP contribution is 2.22. The van der Waals surface area contributed by atoms with E-state index in [-0.39, 0.29) is 6.29 Å². The van der Waals surface area contributed by atoms with E-state index in [4.69, 9.17) is 9.47 Å². The molecule has 0 spiro atoms. The first-order valence-corrected chi connectivity index (χ1v) is 6.67. The molecule has 0 saturated heterocycles. The Morgan fingerprint density at radius 1 is 0.895 bits per heavy atom. The Morgan fingerprint density at radius 3 is 2.16 bits per heavy atom. The van der Waals surface area contributed by atoms with E-state index in [1.54, 1.807) is 0 Å². The van der Waals surface area contributed by atoms with Gasteiger partial charge in [0.2, 0.25) is 6.29 Å². The predicted octanol–water partition coefficient (Wildman–Crippen LogP) is 4.36. The van der Waals surface area contributed by atoms with Crippen LogP contribution in [0.25, 0.3) is 0 Å². The minimum atomic E-state index is -0.311. The van der Waals surface area contributed by atoms with Crippen LogP contribution in [0.4, 0.5) is 0 Å². The zero-order valence-corrected chi connectivity index (χ0v) is 11.7. The largest absolute Gasteiger partial charge is 0.455 e. The van der Waals surface area contributed by atoms with Crippen molar-refractivity contribution in [2.45, 2.75) is 33.5 Å². The van der Waals surface area contributed by atoms with Gasteiger partial charge >= 0.3 is 0 Å². The van der Waals surface area contributed by atoms with Gasteiger partial charge in [0.15, 0.2) is 0 Å². The number of benzene rings is 2. The van der Waals surface area contributed by atoms with Gasteiger partial charge in [-0.05, 0) is 36.6 Å². The van der Waals surface area contributed by atoms with Gasteiger partial charge in [-0.2, -0.15) is 0 Å². The normalized spacial score (nSPS) is 11.9. The van der Waals surface area contributed by atoms with Gasteiger partial charge < -0.3 is 9.47 Å². The summed E-state index contributed by atoms with van der Waals surface area (Å²) in [4.78, 5) is 0. The molecule has 0 heterocycles. The van der Waals surface area contributed by atoms with E-state index in [0.29, 0.717) is 0 Å². The molecule has 0 radical (unpaired) electrons. The Morgan fingerprint density at radius 2 is 1.47 bits per heavy atom. The Labute approximate surface area is 115 Å². The average Bonchev–Trinajstić information content (AvgIpc) is 2.42. The summed E-state index contributed by atoms with van der Waals surface area (Å²) in [6, 6.07) is 16.0. The van der Waals surface area contributed by atoms with Gasteiger partial charge in [0.1, 0.15) is 11.5 Å². The first-order valence-electron chi connectivity index (χ1n) is 6.67. The highest BCUT2D eigenvalue weighted by atomic mass is 16.7. The summed E-state index contributed by atoms with van der Waals surface area (Å²) in [6.45, 7) is 6.07. The average molecular weight is 256 g/mol. The second kappa shape index (κ2) is 6.28. The third-order valence-electron chi connectivity index (χ3n) is 3.03. The zero-order valence-electron chi connectivity index (χ0n) is 11.7. The van der Waals surface area contributed by atoms with E-state index >= 15 is 0 Å². The standard InChI is InChI=1S/C17H20O2/c1-4-15-10-6-8-12-17(15)19-14(3)18-16-11-7-5-9-13(16)2/h5-12,14H,4H2,1-3H3. The quantitative estimate of drug-likeness (QED) is 0.740. The lowest BCUT2D eigenvalue weighted by Gasteiger charge is -2.19. The number of hydrogen-bond donors (Lipinski definition) is 0. The Balaban J connectivity index is 2.05. The summed E-state index contributed by atoms with van der Waals surface area (Å²) in [5, 5.41) is 0. The van der Waals surface area contributed by atoms with Gasteiger partial charge in [-0.3, -0.25) is 0 Å². The van der Waals surface area contributed by atoms with Crippen molar-refractivity contribution in [2.75, 3.05) is 0 Å². The molecular formula is C17H20O2.